The van der Waals surface area contributed by atoms with Crippen LogP contribution in [-0.4, -0.2) is 59.4 Å². The highest BCUT2D eigenvalue weighted by Crippen LogP contribution is 2.38. The predicted molar refractivity (Wildman–Crippen MR) is 113 cm³/mol. The molecule has 0 radical (unpaired) electrons. The number of halogens is 1. The van der Waals surface area contributed by atoms with Gasteiger partial charge in [-0.1, -0.05) is 54.6 Å². The van der Waals surface area contributed by atoms with E-state index in [2.05, 4.69) is 72.5 Å². The van der Waals surface area contributed by atoms with Crippen molar-refractivity contribution in [1.82, 2.24) is 0 Å². The smallest absolute Gasteiger partial charge is 0.192 e. The lowest BCUT2D eigenvalue weighted by Gasteiger charge is -2.35. The Morgan fingerprint density at radius 1 is 0.920 bits per heavy atom. The van der Waals surface area contributed by atoms with Crippen LogP contribution >= 0.6 is 11.1 Å². The van der Waals surface area contributed by atoms with Gasteiger partial charge < -0.3 is 19.0 Å². The summed E-state index contributed by atoms with van der Waals surface area (Å²) < 4.78 is 15.7. The third-order valence-electron chi connectivity index (χ3n) is 5.23. The summed E-state index contributed by atoms with van der Waals surface area (Å²) in [5.74, 6) is 0. The number of aliphatic hydroxyl groups excluding tert-OH is 1. The minimum Gasteiger partial charge on any atom is -0.414 e. The third-order valence-corrected chi connectivity index (χ3v) is 15.0. The average Bonchev–Trinajstić information content (AvgIpc) is 3.26. The van der Waals surface area contributed by atoms with Crippen molar-refractivity contribution >= 4 is 26.8 Å². The molecule has 2 heterocycles. The molecule has 0 aliphatic carbocycles. The molecule has 152 valence electrons. The first-order chi connectivity index (χ1) is 11.0. The Hall–Kier alpha value is 0.564. The molecule has 2 rings (SSSR count). The highest BCUT2D eigenvalue weighted by Gasteiger charge is 2.38. The topological polar surface area (TPSA) is 54.5 Å². The van der Waals surface area contributed by atoms with Crippen molar-refractivity contribution in [1.29, 1.82) is 0 Å². The zero-order valence-corrected chi connectivity index (χ0v) is 20.8. The van der Waals surface area contributed by atoms with Gasteiger partial charge in [0.15, 0.2) is 15.7 Å². The van der Waals surface area contributed by atoms with Crippen LogP contribution in [0.4, 0.5) is 0 Å². The van der Waals surface area contributed by atoms with E-state index >= 15 is 0 Å². The van der Waals surface area contributed by atoms with Gasteiger partial charge in [0.2, 0.25) is 0 Å². The van der Waals surface area contributed by atoms with E-state index in [1.54, 1.807) is 0 Å². The monoisotopic (exact) mass is 412 g/mol. The maximum atomic E-state index is 8.08. The zero-order chi connectivity index (χ0) is 20.1. The summed E-state index contributed by atoms with van der Waals surface area (Å²) in [4.78, 5) is 0. The molecule has 4 nitrogen and oxygen atoms in total. The van der Waals surface area contributed by atoms with E-state index in [0.29, 0.717) is 16.2 Å². The highest BCUT2D eigenvalue weighted by atomic mass is 35.6. The second-order valence-corrected chi connectivity index (χ2v) is 22.0. The number of hydrogen-bond donors (Lipinski definition) is 1. The number of aliphatic hydroxyl groups is 1. The molecule has 25 heavy (non-hydrogen) atoms. The van der Waals surface area contributed by atoms with Gasteiger partial charge in [-0.3, -0.25) is 0 Å². The fourth-order valence-electron chi connectivity index (χ4n) is 0.856. The lowest BCUT2D eigenvalue weighted by molar-refractivity contribution is 0.243. The maximum absolute atomic E-state index is 8.08. The van der Waals surface area contributed by atoms with Gasteiger partial charge in [-0.15, -0.1) is 0 Å². The first kappa shape index (κ1) is 25.6. The van der Waals surface area contributed by atoms with Crippen molar-refractivity contribution in [2.45, 2.75) is 90.0 Å². The van der Waals surface area contributed by atoms with E-state index in [9.17, 15) is 0 Å². The van der Waals surface area contributed by atoms with Crippen LogP contribution < -0.4 is 0 Å². The molecule has 1 N–H and O–H groups in total. The van der Waals surface area contributed by atoms with Crippen LogP contribution in [0.5, 0.6) is 0 Å². The number of ether oxygens (including phenoxy) is 2. The fourth-order valence-corrected chi connectivity index (χ4v) is 1.89. The lowest BCUT2D eigenvalue weighted by Crippen LogP contribution is -2.41. The average molecular weight is 413 g/mol. The Morgan fingerprint density at radius 3 is 1.44 bits per heavy atom. The van der Waals surface area contributed by atoms with E-state index in [1.807, 2.05) is 0 Å². The summed E-state index contributed by atoms with van der Waals surface area (Å²) in [6.07, 6.45) is 0.592. The molecule has 2 aliphatic rings. The van der Waals surface area contributed by atoms with Gasteiger partial charge in [-0.25, -0.2) is 0 Å². The van der Waals surface area contributed by atoms with Crippen LogP contribution in [0.25, 0.3) is 0 Å². The number of rotatable bonds is 4. The quantitative estimate of drug-likeness (QED) is 0.400. The molecule has 2 aliphatic heterocycles. The van der Waals surface area contributed by atoms with Crippen molar-refractivity contribution in [2.75, 3.05) is 26.4 Å². The first-order valence-electron chi connectivity index (χ1n) is 9.18. The second kappa shape index (κ2) is 9.67. The summed E-state index contributed by atoms with van der Waals surface area (Å²) in [5.41, 5.74) is 0. The van der Waals surface area contributed by atoms with E-state index < -0.39 is 15.7 Å². The van der Waals surface area contributed by atoms with Gasteiger partial charge in [-0.05, 0) is 23.2 Å². The van der Waals surface area contributed by atoms with Crippen LogP contribution in [0.15, 0.2) is 0 Å². The molecule has 7 heteroatoms. The van der Waals surface area contributed by atoms with Crippen LogP contribution in [0.2, 0.25) is 36.3 Å². The summed E-state index contributed by atoms with van der Waals surface area (Å²) in [6.45, 7) is 24.9. The normalized spacial score (nSPS) is 23.0. The molecule has 2 fully saturated rings. The molecule has 0 aromatic rings. The SMILES string of the molecule is CC(C)(C)[Si](C)(C)Cl.CC(C)(C)[Si](C)(C)OC[C@@H]1CO1.OC[C@@H]1CO1. The minimum absolute atomic E-state index is 0.190. The first-order valence-corrected chi connectivity index (χ1v) is 16.1. The fraction of sp³-hybridized carbons (Fsp3) is 1.00. The third kappa shape index (κ3) is 11.8. The van der Waals surface area contributed by atoms with Crippen LogP contribution in [0.3, 0.4) is 0 Å². The van der Waals surface area contributed by atoms with Gasteiger partial charge in [0, 0.05) is 0 Å². The van der Waals surface area contributed by atoms with Gasteiger partial charge in [0.05, 0.1) is 26.4 Å². The molecule has 2 atom stereocenters. The van der Waals surface area contributed by atoms with Crippen LogP contribution in [-0.2, 0) is 13.9 Å². The molecule has 0 saturated carbocycles. The van der Waals surface area contributed by atoms with Crippen molar-refractivity contribution in [3.63, 3.8) is 0 Å². The largest absolute Gasteiger partial charge is 0.414 e. The second-order valence-electron chi connectivity index (χ2n) is 9.89. The Balaban J connectivity index is 0.000000380. The molecule has 0 aromatic heterocycles. The number of hydrogen-bond acceptors (Lipinski definition) is 4. The maximum Gasteiger partial charge on any atom is 0.192 e. The number of epoxide rings is 2. The standard InChI is InChI=1S/C9H20O2Si.C6H15ClSi.C3H6O2/c1-9(2,3)12(4,5)11-7-8-6-10-8;1-6(2,3)8(4,5)7;4-1-3-2-5-3/h8H,6-7H2,1-5H3;1-5H3;3-4H,1-2H2/t8-;;3-/m0.1/s1. The molecule has 0 unspecified atom stereocenters. The summed E-state index contributed by atoms with van der Waals surface area (Å²) >= 11 is 6.15. The van der Waals surface area contributed by atoms with E-state index in [4.69, 9.17) is 25.3 Å². The summed E-state index contributed by atoms with van der Waals surface area (Å²) in [5, 5.41) is 8.74. The van der Waals surface area contributed by atoms with Crippen molar-refractivity contribution < 1.29 is 19.0 Å². The van der Waals surface area contributed by atoms with Gasteiger partial charge in [0.1, 0.15) is 12.2 Å². The molecule has 0 spiro atoms. The van der Waals surface area contributed by atoms with Crippen molar-refractivity contribution in [3.8, 4) is 0 Å². The molecule has 0 bridgehead atoms. The molecule has 0 amide bonds. The Labute approximate surface area is 162 Å². The van der Waals surface area contributed by atoms with E-state index in [-0.39, 0.29) is 12.7 Å². The van der Waals surface area contributed by atoms with Gasteiger partial charge in [0.25, 0.3) is 0 Å². The zero-order valence-electron chi connectivity index (χ0n) is 18.0. The van der Waals surface area contributed by atoms with Gasteiger partial charge >= 0.3 is 0 Å². The van der Waals surface area contributed by atoms with Crippen molar-refractivity contribution in [3.05, 3.63) is 0 Å². The summed E-state index contributed by atoms with van der Waals surface area (Å²) in [6, 6.07) is 0. The van der Waals surface area contributed by atoms with Crippen molar-refractivity contribution in [2.24, 2.45) is 0 Å². The van der Waals surface area contributed by atoms with Crippen LogP contribution in [0.1, 0.15) is 41.5 Å². The molecule has 0 aromatic carbocycles. The van der Waals surface area contributed by atoms with E-state index in [0.717, 1.165) is 19.8 Å². The predicted octanol–water partition coefficient (Wildman–Crippen LogP) is 5.01. The molecule has 2 saturated heterocycles. The Bertz CT molecular complexity index is 364. The summed E-state index contributed by atoms with van der Waals surface area (Å²) in [7, 11) is -2.89. The minimum atomic E-state index is -1.51. The lowest BCUT2D eigenvalue weighted by atomic mass is 10.2. The highest BCUT2D eigenvalue weighted by molar-refractivity contribution is 7.20. The Kier molecular flexibility index (Phi) is 9.88. The van der Waals surface area contributed by atoms with Gasteiger partial charge in [-0.2, -0.15) is 11.1 Å². The Morgan fingerprint density at radius 2 is 1.28 bits per heavy atom. The van der Waals surface area contributed by atoms with E-state index in [1.165, 1.54) is 0 Å². The molecular formula is C18H41ClO4Si2. The molecular weight excluding hydrogens is 372 g/mol. The van der Waals surface area contributed by atoms with Crippen LogP contribution in [0, 0.1) is 0 Å².